The Morgan fingerprint density at radius 1 is 1.26 bits per heavy atom. The van der Waals surface area contributed by atoms with Crippen molar-refractivity contribution in [2.24, 2.45) is 0 Å². The van der Waals surface area contributed by atoms with Gasteiger partial charge in [0.1, 0.15) is 5.75 Å². The minimum absolute atomic E-state index is 0.677. The highest BCUT2D eigenvalue weighted by Gasteiger charge is 2.07. The van der Waals surface area contributed by atoms with Crippen molar-refractivity contribution >= 4 is 16.7 Å². The van der Waals surface area contributed by atoms with Crippen LogP contribution in [0.4, 0.5) is 0 Å². The molecule has 0 amide bonds. The van der Waals surface area contributed by atoms with Crippen molar-refractivity contribution < 1.29 is 14.6 Å². The minimum atomic E-state index is -0.912. The summed E-state index contributed by atoms with van der Waals surface area (Å²) < 4.78 is 5.39. The maximum Gasteiger partial charge on any atom is 0.327 e. The second-order valence-electron chi connectivity index (χ2n) is 4.25. The van der Waals surface area contributed by atoms with Crippen molar-refractivity contribution in [3.63, 3.8) is 0 Å². The summed E-state index contributed by atoms with van der Waals surface area (Å²) >= 11 is 0. The number of methoxy groups -OCH3 is 1. The smallest absolute Gasteiger partial charge is 0.327 e. The lowest BCUT2D eigenvalue weighted by Crippen LogP contribution is -1.94. The summed E-state index contributed by atoms with van der Waals surface area (Å²) in [6.45, 7) is 0. The molecule has 19 heavy (non-hydrogen) atoms. The molecule has 0 aliphatic rings. The van der Waals surface area contributed by atoms with E-state index in [0.29, 0.717) is 6.42 Å². The lowest BCUT2D eigenvalue weighted by atomic mass is 9.99. The topological polar surface area (TPSA) is 46.5 Å². The second-order valence-corrected chi connectivity index (χ2v) is 4.25. The number of benzene rings is 2. The molecule has 0 aromatic heterocycles. The van der Waals surface area contributed by atoms with Gasteiger partial charge in [-0.2, -0.15) is 0 Å². The summed E-state index contributed by atoms with van der Waals surface area (Å²) in [6.07, 6.45) is 4.28. The van der Waals surface area contributed by atoms with E-state index in [0.717, 1.165) is 23.1 Å². The number of fused-ring (bicyclic) bond motifs is 1. The number of aliphatic carboxylic acids is 1. The van der Waals surface area contributed by atoms with Crippen molar-refractivity contribution in [3.8, 4) is 5.75 Å². The predicted octanol–water partition coefficient (Wildman–Crippen LogP) is 3.42. The lowest BCUT2D eigenvalue weighted by Gasteiger charge is -2.11. The first-order valence-corrected chi connectivity index (χ1v) is 6.16. The molecule has 0 radical (unpaired) electrons. The minimum Gasteiger partial charge on any atom is -0.496 e. The molecule has 1 N–H and O–H groups in total. The average Bonchev–Trinajstić information content (AvgIpc) is 2.43. The molecule has 3 heteroatoms. The summed E-state index contributed by atoms with van der Waals surface area (Å²) in [4.78, 5) is 10.4. The van der Waals surface area contributed by atoms with E-state index in [9.17, 15) is 4.79 Å². The van der Waals surface area contributed by atoms with E-state index >= 15 is 0 Å². The van der Waals surface area contributed by atoms with Crippen molar-refractivity contribution in [1.82, 2.24) is 0 Å². The zero-order valence-electron chi connectivity index (χ0n) is 10.8. The third-order valence-electron chi connectivity index (χ3n) is 3.04. The lowest BCUT2D eigenvalue weighted by molar-refractivity contribution is -0.131. The molecule has 98 valence electrons. The number of hydrogen-bond donors (Lipinski definition) is 1. The molecule has 0 spiro atoms. The summed E-state index contributed by atoms with van der Waals surface area (Å²) in [6, 6.07) is 12.1. The van der Waals surface area contributed by atoms with Crippen LogP contribution in [0, 0.1) is 0 Å². The zero-order chi connectivity index (χ0) is 13.7. The van der Waals surface area contributed by atoms with Crippen LogP contribution in [0.1, 0.15) is 12.0 Å². The van der Waals surface area contributed by atoms with E-state index in [4.69, 9.17) is 9.84 Å². The van der Waals surface area contributed by atoms with Gasteiger partial charge in [0.15, 0.2) is 0 Å². The second kappa shape index (κ2) is 6.05. The quantitative estimate of drug-likeness (QED) is 0.834. The number of rotatable bonds is 5. The van der Waals surface area contributed by atoms with Gasteiger partial charge in [0.25, 0.3) is 0 Å². The van der Waals surface area contributed by atoms with E-state index in [1.54, 1.807) is 13.2 Å². The summed E-state index contributed by atoms with van der Waals surface area (Å²) in [5.74, 6) is -0.0627. The van der Waals surface area contributed by atoms with Gasteiger partial charge < -0.3 is 9.84 Å². The molecular formula is C16H16O3. The van der Waals surface area contributed by atoms with E-state index < -0.39 is 5.97 Å². The van der Waals surface area contributed by atoms with E-state index in [1.165, 1.54) is 11.5 Å². The van der Waals surface area contributed by atoms with Gasteiger partial charge >= 0.3 is 5.97 Å². The van der Waals surface area contributed by atoms with Gasteiger partial charge in [0.05, 0.1) is 7.11 Å². The van der Waals surface area contributed by atoms with Crippen LogP contribution in [0.25, 0.3) is 10.8 Å². The van der Waals surface area contributed by atoms with E-state index in [2.05, 4.69) is 12.1 Å². The Kier molecular flexibility index (Phi) is 4.18. The van der Waals surface area contributed by atoms with Crippen LogP contribution in [-0.2, 0) is 11.2 Å². The third kappa shape index (κ3) is 3.13. The molecular weight excluding hydrogens is 240 g/mol. The van der Waals surface area contributed by atoms with Crippen LogP contribution in [0.2, 0.25) is 0 Å². The van der Waals surface area contributed by atoms with E-state index in [-0.39, 0.29) is 0 Å². The number of allylic oxidation sites excluding steroid dienone is 1. The van der Waals surface area contributed by atoms with Gasteiger partial charge in [-0.15, -0.1) is 0 Å². The van der Waals surface area contributed by atoms with Crippen LogP contribution in [0.3, 0.4) is 0 Å². The number of carboxylic acids is 1. The molecule has 0 heterocycles. The van der Waals surface area contributed by atoms with Crippen LogP contribution >= 0.6 is 0 Å². The number of aryl methyl sites for hydroxylation is 1. The third-order valence-corrected chi connectivity index (χ3v) is 3.04. The molecule has 2 rings (SSSR count). The fourth-order valence-corrected chi connectivity index (χ4v) is 2.18. The molecule has 0 saturated carbocycles. The maximum atomic E-state index is 10.4. The molecule has 0 atom stereocenters. The predicted molar refractivity (Wildman–Crippen MR) is 75.6 cm³/mol. The van der Waals surface area contributed by atoms with Gasteiger partial charge in [-0.3, -0.25) is 0 Å². The molecule has 0 aliphatic heterocycles. The first kappa shape index (κ1) is 13.1. The summed E-state index contributed by atoms with van der Waals surface area (Å²) in [5, 5.41) is 10.9. The van der Waals surface area contributed by atoms with Gasteiger partial charge in [-0.1, -0.05) is 36.4 Å². The van der Waals surface area contributed by atoms with Crippen molar-refractivity contribution in [2.75, 3.05) is 7.11 Å². The van der Waals surface area contributed by atoms with E-state index in [1.807, 2.05) is 24.3 Å². The van der Waals surface area contributed by atoms with Crippen LogP contribution in [0.15, 0.2) is 48.6 Å². The Balaban J connectivity index is 2.31. The molecule has 2 aromatic carbocycles. The van der Waals surface area contributed by atoms with Crippen molar-refractivity contribution in [3.05, 3.63) is 54.1 Å². The van der Waals surface area contributed by atoms with Crippen LogP contribution < -0.4 is 4.74 Å². The SMILES string of the molecule is COc1ccc2ccccc2c1CC/C=C/C(=O)O. The Morgan fingerprint density at radius 3 is 2.79 bits per heavy atom. The molecule has 2 aromatic rings. The Bertz CT molecular complexity index is 614. The largest absolute Gasteiger partial charge is 0.496 e. The van der Waals surface area contributed by atoms with Gasteiger partial charge in [-0.05, 0) is 29.7 Å². The normalized spacial score (nSPS) is 11.0. The van der Waals surface area contributed by atoms with Crippen LogP contribution in [0.5, 0.6) is 5.75 Å². The van der Waals surface area contributed by atoms with Gasteiger partial charge in [0.2, 0.25) is 0 Å². The average molecular weight is 256 g/mol. The number of ether oxygens (including phenoxy) is 1. The molecule has 0 saturated heterocycles. The number of carboxylic acid groups (broad SMARTS) is 1. The molecule has 0 aliphatic carbocycles. The summed E-state index contributed by atoms with van der Waals surface area (Å²) in [5.41, 5.74) is 1.12. The standard InChI is InChI=1S/C16H16O3/c1-19-15-11-10-12-6-2-3-7-13(12)14(15)8-4-5-9-16(17)18/h2-3,5-7,9-11H,4,8H2,1H3,(H,17,18)/b9-5+. The van der Waals surface area contributed by atoms with Crippen molar-refractivity contribution in [1.29, 1.82) is 0 Å². The van der Waals surface area contributed by atoms with Crippen LogP contribution in [-0.4, -0.2) is 18.2 Å². The van der Waals surface area contributed by atoms with Gasteiger partial charge in [0, 0.05) is 11.6 Å². The van der Waals surface area contributed by atoms with Gasteiger partial charge in [-0.25, -0.2) is 4.79 Å². The Hall–Kier alpha value is -2.29. The maximum absolute atomic E-state index is 10.4. The fraction of sp³-hybridized carbons (Fsp3) is 0.188. The fourth-order valence-electron chi connectivity index (χ4n) is 2.18. The molecule has 0 fully saturated rings. The number of carbonyl (C=O) groups is 1. The highest BCUT2D eigenvalue weighted by Crippen LogP contribution is 2.29. The summed E-state index contributed by atoms with van der Waals surface area (Å²) in [7, 11) is 1.65. The highest BCUT2D eigenvalue weighted by molar-refractivity contribution is 5.87. The molecule has 0 bridgehead atoms. The Labute approximate surface area is 112 Å². The zero-order valence-corrected chi connectivity index (χ0v) is 10.8. The Morgan fingerprint density at radius 2 is 2.05 bits per heavy atom. The van der Waals surface area contributed by atoms with Crippen molar-refractivity contribution in [2.45, 2.75) is 12.8 Å². The monoisotopic (exact) mass is 256 g/mol. The molecule has 0 unspecified atom stereocenters. The highest BCUT2D eigenvalue weighted by atomic mass is 16.5. The first-order valence-electron chi connectivity index (χ1n) is 6.16. The number of hydrogen-bond acceptors (Lipinski definition) is 2. The molecule has 3 nitrogen and oxygen atoms in total. The first-order chi connectivity index (χ1) is 9.22.